The van der Waals surface area contributed by atoms with Crippen LogP contribution in [0.2, 0.25) is 0 Å². The fourth-order valence-corrected chi connectivity index (χ4v) is 2.45. The summed E-state index contributed by atoms with van der Waals surface area (Å²) in [6.45, 7) is 2.21. The Morgan fingerprint density at radius 2 is 2.16 bits per heavy atom. The van der Waals surface area contributed by atoms with Crippen LogP contribution in [0, 0.1) is 5.92 Å². The number of fused-ring (bicyclic) bond motifs is 1. The van der Waals surface area contributed by atoms with Gasteiger partial charge in [0.2, 0.25) is 0 Å². The Hall–Kier alpha value is -1.43. The largest absolute Gasteiger partial charge is 0.396 e. The Labute approximate surface area is 113 Å². The topological polar surface area (TPSA) is 84.5 Å². The molecule has 0 aliphatic heterocycles. The van der Waals surface area contributed by atoms with Crippen LogP contribution in [0.4, 0.5) is 11.4 Å². The van der Waals surface area contributed by atoms with Crippen molar-refractivity contribution >= 4 is 17.2 Å². The molecule has 5 N–H and O–H groups in total. The molecule has 0 aromatic heterocycles. The molecule has 0 amide bonds. The number of benzene rings is 1. The van der Waals surface area contributed by atoms with Crippen molar-refractivity contribution in [3.63, 3.8) is 0 Å². The van der Waals surface area contributed by atoms with E-state index in [1.54, 1.807) is 12.6 Å². The molecule has 1 unspecified atom stereocenters. The van der Waals surface area contributed by atoms with Gasteiger partial charge in [-0.25, -0.2) is 9.83 Å². The van der Waals surface area contributed by atoms with Gasteiger partial charge in [0, 0.05) is 19.1 Å². The molecule has 5 heteroatoms. The van der Waals surface area contributed by atoms with Crippen molar-refractivity contribution in [2.45, 2.75) is 26.2 Å². The van der Waals surface area contributed by atoms with Crippen molar-refractivity contribution in [3.05, 3.63) is 23.3 Å². The van der Waals surface area contributed by atoms with Gasteiger partial charge in [0.15, 0.2) is 5.69 Å². The van der Waals surface area contributed by atoms with Gasteiger partial charge in [0.05, 0.1) is 12.9 Å². The third-order valence-corrected chi connectivity index (χ3v) is 3.50. The van der Waals surface area contributed by atoms with E-state index in [1.165, 1.54) is 11.1 Å². The Morgan fingerprint density at radius 1 is 1.47 bits per heavy atom. The maximum Gasteiger partial charge on any atom is 0.188 e. The summed E-state index contributed by atoms with van der Waals surface area (Å²) in [6.07, 6.45) is 2.56. The van der Waals surface area contributed by atoms with Crippen LogP contribution >= 0.6 is 0 Å². The summed E-state index contributed by atoms with van der Waals surface area (Å²) in [6, 6.07) is 4.16. The average Bonchev–Trinajstić information content (AvgIpc) is 2.81. The molecule has 1 aromatic carbocycles. The van der Waals surface area contributed by atoms with Crippen molar-refractivity contribution in [3.8, 4) is 0 Å². The molecule has 1 atom stereocenters. The first-order valence-corrected chi connectivity index (χ1v) is 6.63. The Kier molecular flexibility index (Phi) is 4.52. The van der Waals surface area contributed by atoms with Crippen LogP contribution in [0.5, 0.6) is 0 Å². The number of quaternary nitrogens is 1. The number of hydrogen-bond donors (Lipinski definition) is 3. The van der Waals surface area contributed by atoms with E-state index >= 15 is 0 Å². The number of aliphatic imine (C=N–C) groups is 1. The fourth-order valence-electron chi connectivity index (χ4n) is 2.45. The second kappa shape index (κ2) is 6.14. The monoisotopic (exact) mass is 264 g/mol. The van der Waals surface area contributed by atoms with Crippen LogP contribution in [0.15, 0.2) is 17.1 Å². The number of aliphatic hydroxyl groups excluding tert-OH is 1. The van der Waals surface area contributed by atoms with E-state index in [9.17, 15) is 5.11 Å². The Balaban J connectivity index is 2.37. The lowest BCUT2D eigenvalue weighted by Gasteiger charge is -2.06. The molecule has 2 rings (SSSR count). The van der Waals surface area contributed by atoms with E-state index in [0.717, 1.165) is 30.6 Å². The number of amidine groups is 1. The summed E-state index contributed by atoms with van der Waals surface area (Å²) in [5.74, 6) is 0.940. The highest BCUT2D eigenvalue weighted by Crippen LogP contribution is 2.33. The van der Waals surface area contributed by atoms with Crippen molar-refractivity contribution in [1.29, 1.82) is 0 Å². The van der Waals surface area contributed by atoms with Crippen molar-refractivity contribution in [2.75, 3.05) is 13.7 Å². The zero-order valence-corrected chi connectivity index (χ0v) is 11.5. The van der Waals surface area contributed by atoms with Gasteiger partial charge >= 0.3 is 0 Å². The molecule has 1 aromatic rings. The highest BCUT2D eigenvalue weighted by molar-refractivity contribution is 5.84. The van der Waals surface area contributed by atoms with E-state index in [0.29, 0.717) is 11.8 Å². The van der Waals surface area contributed by atoms with Gasteiger partial charge < -0.3 is 10.8 Å². The lowest BCUT2D eigenvalue weighted by atomic mass is 10.1. The van der Waals surface area contributed by atoms with Crippen molar-refractivity contribution in [1.82, 2.24) is 0 Å². The molecule has 1 aliphatic rings. The summed E-state index contributed by atoms with van der Waals surface area (Å²) < 4.78 is 0. The predicted octanol–water partition coefficient (Wildman–Crippen LogP) is 0.549. The summed E-state index contributed by atoms with van der Waals surface area (Å²) in [4.78, 5) is 9.56. The second-order valence-corrected chi connectivity index (χ2v) is 4.95. The third kappa shape index (κ3) is 3.12. The van der Waals surface area contributed by atoms with E-state index in [2.05, 4.69) is 17.1 Å². The first kappa shape index (κ1) is 14.0. The number of rotatable bonds is 5. The highest BCUT2D eigenvalue weighted by Gasteiger charge is 2.23. The standard InChI is InChI=1S/C14H21N3O2/c1-3-14(15)16-12-6-10-4-9(8-18)5-11(10)7-13(12)17-19-2/h6-7,9,17-18H,3-5,8H2,1-2H3,(H2,15,16)/p+1. The first-order valence-electron chi connectivity index (χ1n) is 6.63. The van der Waals surface area contributed by atoms with E-state index < -0.39 is 0 Å². The third-order valence-electron chi connectivity index (χ3n) is 3.50. The fraction of sp³-hybridized carbons (Fsp3) is 0.500. The van der Waals surface area contributed by atoms with Crippen molar-refractivity contribution < 1.29 is 15.4 Å². The van der Waals surface area contributed by atoms with Gasteiger partial charge in [-0.3, -0.25) is 0 Å². The molecule has 0 radical (unpaired) electrons. The molecule has 0 saturated heterocycles. The molecule has 104 valence electrons. The van der Waals surface area contributed by atoms with Gasteiger partial charge in [0.25, 0.3) is 0 Å². The zero-order chi connectivity index (χ0) is 13.8. The molecule has 0 fully saturated rings. The first-order chi connectivity index (χ1) is 9.17. The molecule has 19 heavy (non-hydrogen) atoms. The molecular formula is C14H22N3O2+. The minimum atomic E-state index is 0.230. The number of aliphatic hydroxyl groups is 1. The molecule has 0 saturated carbocycles. The Bertz CT molecular complexity index is 486. The molecule has 1 aliphatic carbocycles. The Morgan fingerprint density at radius 3 is 2.74 bits per heavy atom. The molecule has 0 spiro atoms. The number of hydrogen-bond acceptors (Lipinski definition) is 3. The van der Waals surface area contributed by atoms with Gasteiger partial charge in [-0.2, -0.15) is 5.48 Å². The van der Waals surface area contributed by atoms with Crippen LogP contribution in [0.3, 0.4) is 0 Å². The number of nitrogens with two attached hydrogens (primary N) is 2. The van der Waals surface area contributed by atoms with Gasteiger partial charge in [-0.15, -0.1) is 0 Å². The van der Waals surface area contributed by atoms with Crippen molar-refractivity contribution in [2.24, 2.45) is 16.6 Å². The molecular weight excluding hydrogens is 242 g/mol. The summed E-state index contributed by atoms with van der Waals surface area (Å²) in [5, 5.41) is 9.28. The molecule has 5 nitrogen and oxygen atoms in total. The predicted molar refractivity (Wildman–Crippen MR) is 74.6 cm³/mol. The average molecular weight is 264 g/mol. The van der Waals surface area contributed by atoms with Crippen LogP contribution in [0.1, 0.15) is 24.5 Å². The van der Waals surface area contributed by atoms with Crippen LogP contribution in [0.25, 0.3) is 0 Å². The minimum Gasteiger partial charge on any atom is -0.396 e. The summed E-state index contributed by atoms with van der Waals surface area (Å²) in [7, 11) is 1.63. The smallest absolute Gasteiger partial charge is 0.188 e. The molecule has 0 bridgehead atoms. The van der Waals surface area contributed by atoms with Crippen LogP contribution < -0.4 is 11.2 Å². The lowest BCUT2D eigenvalue weighted by Crippen LogP contribution is -2.76. The zero-order valence-electron chi connectivity index (χ0n) is 11.5. The van der Waals surface area contributed by atoms with E-state index in [4.69, 9.17) is 10.6 Å². The second-order valence-electron chi connectivity index (χ2n) is 4.95. The normalized spacial score (nSPS) is 18.7. The SMILES string of the molecule is CCC(N)=Nc1cc2c(cc1[NH2+]OC)CC(CO)C2. The highest BCUT2D eigenvalue weighted by atomic mass is 16.6. The maximum atomic E-state index is 9.28. The van der Waals surface area contributed by atoms with Crippen LogP contribution in [-0.2, 0) is 17.7 Å². The van der Waals surface area contributed by atoms with Gasteiger partial charge in [0.1, 0.15) is 5.69 Å². The van der Waals surface area contributed by atoms with Gasteiger partial charge in [-0.05, 0) is 36.0 Å². The quantitative estimate of drug-likeness (QED) is 0.314. The van der Waals surface area contributed by atoms with E-state index in [1.807, 2.05) is 6.92 Å². The maximum absolute atomic E-state index is 9.28. The summed E-state index contributed by atoms with van der Waals surface area (Å²) in [5.41, 5.74) is 11.8. The minimum absolute atomic E-state index is 0.230. The van der Waals surface area contributed by atoms with Gasteiger partial charge in [-0.1, -0.05) is 6.92 Å². The van der Waals surface area contributed by atoms with Crippen LogP contribution in [-0.4, -0.2) is 24.7 Å². The molecule has 0 heterocycles. The summed E-state index contributed by atoms with van der Waals surface area (Å²) >= 11 is 0. The van der Waals surface area contributed by atoms with E-state index in [-0.39, 0.29) is 6.61 Å². The lowest BCUT2D eigenvalue weighted by molar-refractivity contribution is -0.829. The number of nitrogens with zero attached hydrogens (tertiary/aromatic N) is 1.